The number of aromatic nitrogens is 2. The monoisotopic (exact) mass is 464 g/mol. The van der Waals surface area contributed by atoms with Gasteiger partial charge in [0.15, 0.2) is 0 Å². The van der Waals surface area contributed by atoms with Crippen LogP contribution in [0.3, 0.4) is 0 Å². The van der Waals surface area contributed by atoms with Crippen molar-refractivity contribution in [2.24, 2.45) is 0 Å². The van der Waals surface area contributed by atoms with E-state index in [-0.39, 0.29) is 36.1 Å². The molecule has 9 heteroatoms. The number of hydrogen-bond acceptors (Lipinski definition) is 4. The average molecular weight is 464 g/mol. The van der Waals surface area contributed by atoms with Crippen LogP contribution in [-0.2, 0) is 13.1 Å². The molecule has 174 valence electrons. The third kappa shape index (κ3) is 4.05. The maximum Gasteiger partial charge on any atom is 0.329 e. The van der Waals surface area contributed by atoms with Crippen LogP contribution in [0.2, 0.25) is 0 Å². The largest absolute Gasteiger partial charge is 0.366 e. The van der Waals surface area contributed by atoms with Crippen molar-refractivity contribution in [2.45, 2.75) is 25.9 Å². The first-order valence-electron chi connectivity index (χ1n) is 11.1. The van der Waals surface area contributed by atoms with Crippen LogP contribution in [0.5, 0.6) is 0 Å². The summed E-state index contributed by atoms with van der Waals surface area (Å²) in [4.78, 5) is 27.0. The van der Waals surface area contributed by atoms with Gasteiger partial charge in [-0.15, -0.1) is 0 Å². The van der Waals surface area contributed by atoms with Crippen LogP contribution in [0, 0.1) is 21.7 Å². The minimum atomic E-state index is -0.420. The Kier molecular flexibility index (Phi) is 5.61. The first-order valence-corrected chi connectivity index (χ1v) is 11.1. The Morgan fingerprint density at radius 2 is 1.26 bits per heavy atom. The Balaban J connectivity index is 1.70. The molecule has 0 atom stereocenters. The molecule has 0 bridgehead atoms. The van der Waals surface area contributed by atoms with E-state index in [0.29, 0.717) is 35.4 Å². The molecular formula is C25H22F2N4O3. The van der Waals surface area contributed by atoms with Gasteiger partial charge in [0, 0.05) is 19.2 Å². The highest BCUT2D eigenvalue weighted by atomic mass is 19.1. The van der Waals surface area contributed by atoms with Gasteiger partial charge < -0.3 is 4.90 Å². The molecule has 34 heavy (non-hydrogen) atoms. The van der Waals surface area contributed by atoms with Gasteiger partial charge in [0.1, 0.15) is 17.3 Å². The maximum absolute atomic E-state index is 13.5. The van der Waals surface area contributed by atoms with Crippen molar-refractivity contribution in [3.8, 4) is 0 Å². The van der Waals surface area contributed by atoms with Gasteiger partial charge >= 0.3 is 5.69 Å². The molecule has 1 saturated heterocycles. The average Bonchev–Trinajstić information content (AvgIpc) is 3.44. The highest BCUT2D eigenvalue weighted by molar-refractivity contribution is 5.86. The Morgan fingerprint density at radius 3 is 1.74 bits per heavy atom. The molecule has 0 amide bonds. The van der Waals surface area contributed by atoms with E-state index in [4.69, 9.17) is 0 Å². The third-order valence-corrected chi connectivity index (χ3v) is 6.27. The number of halogens is 2. The molecule has 1 aromatic heterocycles. The molecule has 1 aliphatic rings. The van der Waals surface area contributed by atoms with Gasteiger partial charge in [0.05, 0.1) is 29.0 Å². The molecule has 5 rings (SSSR count). The molecular weight excluding hydrogens is 442 g/mol. The molecule has 0 radical (unpaired) electrons. The summed E-state index contributed by atoms with van der Waals surface area (Å²) in [6, 6.07) is 14.8. The minimum Gasteiger partial charge on any atom is -0.366 e. The lowest BCUT2D eigenvalue weighted by atomic mass is 10.2. The summed E-state index contributed by atoms with van der Waals surface area (Å²) >= 11 is 0. The minimum absolute atomic E-state index is 0.0545. The van der Waals surface area contributed by atoms with Crippen molar-refractivity contribution in [3.63, 3.8) is 0 Å². The van der Waals surface area contributed by atoms with Crippen molar-refractivity contribution in [1.29, 1.82) is 0 Å². The first kappa shape index (κ1) is 21.8. The lowest BCUT2D eigenvalue weighted by Gasteiger charge is -2.18. The summed E-state index contributed by atoms with van der Waals surface area (Å²) in [5.74, 6) is -0.762. The van der Waals surface area contributed by atoms with Gasteiger partial charge in [-0.3, -0.25) is 19.2 Å². The standard InChI is InChI=1S/C25H22F2N4O3/c26-19-7-3-17(4-8-19)15-29-22-13-21(28-11-1-2-12-28)24(31(33)34)14-23(22)30(25(29)32)16-18-5-9-20(27)10-6-18/h3-10,13-14H,1-2,11-12,15-16H2. The van der Waals surface area contributed by atoms with Crippen molar-refractivity contribution in [1.82, 2.24) is 9.13 Å². The first-order chi connectivity index (χ1) is 16.4. The molecule has 0 saturated carbocycles. The quantitative estimate of drug-likeness (QED) is 0.307. The van der Waals surface area contributed by atoms with E-state index in [1.54, 1.807) is 34.9 Å². The van der Waals surface area contributed by atoms with Crippen LogP contribution in [0.4, 0.5) is 20.2 Å². The Bertz CT molecular complexity index is 1420. The predicted molar refractivity (Wildman–Crippen MR) is 125 cm³/mol. The Hall–Kier alpha value is -4.01. The van der Waals surface area contributed by atoms with Crippen LogP contribution in [0.25, 0.3) is 11.0 Å². The number of hydrogen-bond donors (Lipinski definition) is 0. The van der Waals surface area contributed by atoms with E-state index in [9.17, 15) is 23.7 Å². The van der Waals surface area contributed by atoms with E-state index in [2.05, 4.69) is 0 Å². The molecule has 0 aliphatic carbocycles. The van der Waals surface area contributed by atoms with Gasteiger partial charge in [0.2, 0.25) is 0 Å². The van der Waals surface area contributed by atoms with Gasteiger partial charge in [-0.05, 0) is 54.3 Å². The Labute approximate surface area is 193 Å². The highest BCUT2D eigenvalue weighted by Crippen LogP contribution is 2.35. The zero-order chi connectivity index (χ0) is 23.8. The summed E-state index contributed by atoms with van der Waals surface area (Å²) in [7, 11) is 0. The molecule has 7 nitrogen and oxygen atoms in total. The summed E-state index contributed by atoms with van der Waals surface area (Å²) < 4.78 is 29.8. The molecule has 2 heterocycles. The number of imidazole rings is 1. The maximum atomic E-state index is 13.5. The summed E-state index contributed by atoms with van der Waals surface area (Å²) in [6.07, 6.45) is 1.90. The van der Waals surface area contributed by atoms with Crippen LogP contribution >= 0.6 is 0 Å². The molecule has 0 N–H and O–H groups in total. The van der Waals surface area contributed by atoms with Gasteiger partial charge in [-0.25, -0.2) is 13.6 Å². The van der Waals surface area contributed by atoms with Crippen molar-refractivity contribution in [2.75, 3.05) is 18.0 Å². The van der Waals surface area contributed by atoms with E-state index in [1.165, 1.54) is 34.9 Å². The number of nitro groups is 1. The molecule has 1 fully saturated rings. The predicted octanol–water partition coefficient (Wildman–Crippen LogP) is 4.69. The number of nitrogens with zero attached hydrogens (tertiary/aromatic N) is 4. The second-order valence-corrected chi connectivity index (χ2v) is 8.49. The van der Waals surface area contributed by atoms with E-state index in [0.717, 1.165) is 18.4 Å². The number of nitro benzene ring substituents is 1. The number of fused-ring (bicyclic) bond motifs is 1. The second-order valence-electron chi connectivity index (χ2n) is 8.49. The van der Waals surface area contributed by atoms with E-state index in [1.807, 2.05) is 4.90 Å². The van der Waals surface area contributed by atoms with Crippen LogP contribution in [0.1, 0.15) is 24.0 Å². The second kappa shape index (κ2) is 8.74. The molecule has 0 spiro atoms. The lowest BCUT2D eigenvalue weighted by Crippen LogP contribution is -2.25. The molecule has 4 aromatic rings. The van der Waals surface area contributed by atoms with Gasteiger partial charge in [-0.1, -0.05) is 24.3 Å². The third-order valence-electron chi connectivity index (χ3n) is 6.27. The SMILES string of the molecule is O=c1n(Cc2ccc(F)cc2)c2cc(N3CCCC3)c([N+](=O)[O-])cc2n1Cc1ccc(F)cc1. The van der Waals surface area contributed by atoms with Crippen LogP contribution < -0.4 is 10.6 Å². The van der Waals surface area contributed by atoms with Crippen molar-refractivity contribution in [3.05, 3.63) is 104 Å². The number of rotatable bonds is 6. The fourth-order valence-corrected chi connectivity index (χ4v) is 4.55. The molecule has 1 aliphatic heterocycles. The topological polar surface area (TPSA) is 73.3 Å². The van der Waals surface area contributed by atoms with Crippen LogP contribution in [0.15, 0.2) is 65.5 Å². The zero-order valence-corrected chi connectivity index (χ0v) is 18.3. The van der Waals surface area contributed by atoms with Gasteiger partial charge in [-0.2, -0.15) is 0 Å². The number of benzene rings is 3. The summed E-state index contributed by atoms with van der Waals surface area (Å²) in [5.41, 5.74) is 2.48. The van der Waals surface area contributed by atoms with Crippen LogP contribution in [-0.4, -0.2) is 27.1 Å². The molecule has 0 unspecified atom stereocenters. The van der Waals surface area contributed by atoms with E-state index < -0.39 is 4.92 Å². The van der Waals surface area contributed by atoms with Crippen molar-refractivity contribution >= 4 is 22.4 Å². The summed E-state index contributed by atoms with van der Waals surface area (Å²) in [6.45, 7) is 1.74. The van der Waals surface area contributed by atoms with Gasteiger partial charge in [0.25, 0.3) is 5.69 Å². The smallest absolute Gasteiger partial charge is 0.329 e. The fraction of sp³-hybridized carbons (Fsp3) is 0.240. The van der Waals surface area contributed by atoms with Crippen molar-refractivity contribution < 1.29 is 13.7 Å². The zero-order valence-electron chi connectivity index (χ0n) is 18.3. The summed E-state index contributed by atoms with van der Waals surface area (Å²) in [5, 5.41) is 12.0. The Morgan fingerprint density at radius 1 is 0.794 bits per heavy atom. The normalized spacial score (nSPS) is 13.6. The highest BCUT2D eigenvalue weighted by Gasteiger charge is 2.26. The van der Waals surface area contributed by atoms with E-state index >= 15 is 0 Å². The number of anilines is 1. The molecule has 3 aromatic carbocycles. The lowest BCUT2D eigenvalue weighted by molar-refractivity contribution is -0.384. The fourth-order valence-electron chi connectivity index (χ4n) is 4.55.